The van der Waals surface area contributed by atoms with Crippen molar-refractivity contribution in [1.29, 1.82) is 0 Å². The maximum atomic E-state index is 5.65. The molecule has 0 atom stereocenters. The van der Waals surface area contributed by atoms with Gasteiger partial charge in [-0.05, 0) is 30.5 Å². The Morgan fingerprint density at radius 1 is 1.18 bits per heavy atom. The van der Waals surface area contributed by atoms with Crippen LogP contribution in [0.25, 0.3) is 0 Å². The van der Waals surface area contributed by atoms with E-state index in [2.05, 4.69) is 9.97 Å². The fourth-order valence-electron chi connectivity index (χ4n) is 1.21. The molecule has 0 amide bonds. The minimum absolute atomic E-state index is 0.329. The molecule has 0 bridgehead atoms. The molecule has 0 spiro atoms. The van der Waals surface area contributed by atoms with Crippen LogP contribution in [-0.4, -0.2) is 16.2 Å². The van der Waals surface area contributed by atoms with Gasteiger partial charge in [0.25, 0.3) is 0 Å². The summed E-state index contributed by atoms with van der Waals surface area (Å²) in [5, 5.41) is 0. The smallest absolute Gasteiger partial charge is 0.321 e. The molecule has 0 saturated heterocycles. The van der Waals surface area contributed by atoms with Crippen LogP contribution in [-0.2, 0) is 5.88 Å². The van der Waals surface area contributed by atoms with Gasteiger partial charge in [0.2, 0.25) is 0 Å². The van der Waals surface area contributed by atoms with Gasteiger partial charge in [0.05, 0.1) is 5.88 Å². The Kier molecular flexibility index (Phi) is 4.23. The van der Waals surface area contributed by atoms with Crippen molar-refractivity contribution in [3.63, 3.8) is 0 Å². The van der Waals surface area contributed by atoms with Gasteiger partial charge in [-0.15, -0.1) is 23.4 Å². The van der Waals surface area contributed by atoms with E-state index in [1.165, 1.54) is 4.90 Å². The molecule has 0 saturated carbocycles. The molecule has 0 aliphatic rings. The van der Waals surface area contributed by atoms with Crippen LogP contribution >= 0.6 is 23.4 Å². The van der Waals surface area contributed by atoms with E-state index in [4.69, 9.17) is 16.3 Å². The van der Waals surface area contributed by atoms with E-state index in [0.29, 0.717) is 11.9 Å². The Labute approximate surface area is 109 Å². The molecule has 1 aromatic carbocycles. The highest BCUT2D eigenvalue weighted by atomic mass is 35.5. The van der Waals surface area contributed by atoms with E-state index in [1.807, 2.05) is 30.5 Å². The van der Waals surface area contributed by atoms with Gasteiger partial charge in [0.15, 0.2) is 0 Å². The standard InChI is InChI=1S/C12H11ClN2OS/c1-17-11-4-2-10(3-5-11)16-12-14-7-9(6-13)8-15-12/h2-5,7-8H,6H2,1H3. The lowest BCUT2D eigenvalue weighted by Gasteiger charge is -2.04. The van der Waals surface area contributed by atoms with Crippen molar-refractivity contribution in [2.75, 3.05) is 6.26 Å². The predicted molar refractivity (Wildman–Crippen MR) is 69.9 cm³/mol. The fraction of sp³-hybridized carbons (Fsp3) is 0.167. The number of benzene rings is 1. The Bertz CT molecular complexity index is 427. The first-order valence-electron chi connectivity index (χ1n) is 5.00. The number of halogens is 1. The highest BCUT2D eigenvalue weighted by molar-refractivity contribution is 7.98. The summed E-state index contributed by atoms with van der Waals surface area (Å²) in [4.78, 5) is 9.32. The summed E-state index contributed by atoms with van der Waals surface area (Å²) in [7, 11) is 0. The Morgan fingerprint density at radius 3 is 2.35 bits per heavy atom. The number of hydrogen-bond acceptors (Lipinski definition) is 4. The van der Waals surface area contributed by atoms with Gasteiger partial charge in [-0.2, -0.15) is 0 Å². The number of nitrogens with zero attached hydrogens (tertiary/aromatic N) is 2. The van der Waals surface area contributed by atoms with Gasteiger partial charge in [-0.1, -0.05) is 0 Å². The molecule has 0 N–H and O–H groups in total. The first kappa shape index (κ1) is 12.2. The summed E-state index contributed by atoms with van der Waals surface area (Å²) in [6.45, 7) is 0. The first-order chi connectivity index (χ1) is 8.31. The normalized spacial score (nSPS) is 10.2. The lowest BCUT2D eigenvalue weighted by atomic mass is 10.3. The second-order valence-corrected chi connectivity index (χ2v) is 4.43. The van der Waals surface area contributed by atoms with Crippen molar-refractivity contribution in [3.8, 4) is 11.8 Å². The third-order valence-electron chi connectivity index (χ3n) is 2.10. The molecule has 1 aromatic heterocycles. The molecule has 0 aliphatic carbocycles. The quantitative estimate of drug-likeness (QED) is 0.624. The number of ether oxygens (including phenoxy) is 1. The van der Waals surface area contributed by atoms with Crippen LogP contribution in [0.5, 0.6) is 11.8 Å². The van der Waals surface area contributed by atoms with Gasteiger partial charge < -0.3 is 4.74 Å². The van der Waals surface area contributed by atoms with Crippen molar-refractivity contribution in [2.45, 2.75) is 10.8 Å². The Balaban J connectivity index is 2.08. The van der Waals surface area contributed by atoms with Crippen LogP contribution in [0.2, 0.25) is 0 Å². The zero-order valence-electron chi connectivity index (χ0n) is 9.26. The van der Waals surface area contributed by atoms with Gasteiger partial charge >= 0.3 is 6.01 Å². The zero-order chi connectivity index (χ0) is 12.1. The van der Waals surface area contributed by atoms with Gasteiger partial charge in [0, 0.05) is 22.9 Å². The number of rotatable bonds is 4. The van der Waals surface area contributed by atoms with Crippen molar-refractivity contribution in [3.05, 3.63) is 42.2 Å². The fourth-order valence-corrected chi connectivity index (χ4v) is 1.76. The summed E-state index contributed by atoms with van der Waals surface area (Å²) in [5.41, 5.74) is 0.872. The van der Waals surface area contributed by atoms with Crippen LogP contribution in [0.1, 0.15) is 5.56 Å². The van der Waals surface area contributed by atoms with E-state index in [1.54, 1.807) is 24.2 Å². The van der Waals surface area contributed by atoms with Crippen LogP contribution < -0.4 is 4.74 Å². The average Bonchev–Trinajstić information content (AvgIpc) is 2.40. The molecule has 3 nitrogen and oxygen atoms in total. The van der Waals surface area contributed by atoms with E-state index >= 15 is 0 Å². The third-order valence-corrected chi connectivity index (χ3v) is 3.16. The van der Waals surface area contributed by atoms with E-state index < -0.39 is 0 Å². The first-order valence-corrected chi connectivity index (χ1v) is 6.76. The van der Waals surface area contributed by atoms with Gasteiger partial charge in [0.1, 0.15) is 5.75 Å². The summed E-state index contributed by atoms with van der Waals surface area (Å²) >= 11 is 7.34. The molecule has 2 aromatic rings. The van der Waals surface area contributed by atoms with Crippen LogP contribution in [0, 0.1) is 0 Å². The predicted octanol–water partition coefficient (Wildman–Crippen LogP) is 3.73. The molecule has 0 fully saturated rings. The average molecular weight is 267 g/mol. The SMILES string of the molecule is CSc1ccc(Oc2ncc(CCl)cn2)cc1. The largest absolute Gasteiger partial charge is 0.424 e. The number of hydrogen-bond donors (Lipinski definition) is 0. The minimum atomic E-state index is 0.329. The second kappa shape index (κ2) is 5.89. The van der Waals surface area contributed by atoms with Crippen LogP contribution in [0.4, 0.5) is 0 Å². The van der Waals surface area contributed by atoms with E-state index in [-0.39, 0.29) is 0 Å². The van der Waals surface area contributed by atoms with Crippen molar-refractivity contribution < 1.29 is 4.74 Å². The molecule has 0 aliphatic heterocycles. The molecule has 88 valence electrons. The molecule has 0 unspecified atom stereocenters. The maximum absolute atomic E-state index is 5.65. The summed E-state index contributed by atoms with van der Waals surface area (Å²) < 4.78 is 5.50. The number of alkyl halides is 1. The van der Waals surface area contributed by atoms with E-state index in [0.717, 1.165) is 11.3 Å². The Hall–Kier alpha value is -1.26. The maximum Gasteiger partial charge on any atom is 0.321 e. The van der Waals surface area contributed by atoms with Gasteiger partial charge in [-0.3, -0.25) is 0 Å². The highest BCUT2D eigenvalue weighted by Crippen LogP contribution is 2.22. The second-order valence-electron chi connectivity index (χ2n) is 3.29. The van der Waals surface area contributed by atoms with Crippen molar-refractivity contribution in [2.24, 2.45) is 0 Å². The topological polar surface area (TPSA) is 35.0 Å². The lowest BCUT2D eigenvalue weighted by molar-refractivity contribution is 0.441. The highest BCUT2D eigenvalue weighted by Gasteiger charge is 2.00. The molecular formula is C12H11ClN2OS. The third kappa shape index (κ3) is 3.35. The molecular weight excluding hydrogens is 256 g/mol. The van der Waals surface area contributed by atoms with Crippen molar-refractivity contribution >= 4 is 23.4 Å². The van der Waals surface area contributed by atoms with Crippen LogP contribution in [0.3, 0.4) is 0 Å². The van der Waals surface area contributed by atoms with E-state index in [9.17, 15) is 0 Å². The van der Waals surface area contributed by atoms with Crippen molar-refractivity contribution in [1.82, 2.24) is 9.97 Å². The molecule has 5 heteroatoms. The van der Waals surface area contributed by atoms with Gasteiger partial charge in [-0.25, -0.2) is 9.97 Å². The zero-order valence-corrected chi connectivity index (χ0v) is 10.8. The molecule has 2 rings (SSSR count). The monoisotopic (exact) mass is 266 g/mol. The lowest BCUT2D eigenvalue weighted by Crippen LogP contribution is -1.92. The summed E-state index contributed by atoms with van der Waals surface area (Å²) in [6, 6.07) is 8.10. The Morgan fingerprint density at radius 2 is 1.82 bits per heavy atom. The summed E-state index contributed by atoms with van der Waals surface area (Å²) in [6.07, 6.45) is 5.35. The summed E-state index contributed by atoms with van der Waals surface area (Å²) in [5.74, 6) is 1.13. The number of thioether (sulfide) groups is 1. The number of aromatic nitrogens is 2. The van der Waals surface area contributed by atoms with Crippen LogP contribution in [0.15, 0.2) is 41.6 Å². The molecule has 0 radical (unpaired) electrons. The molecule has 1 heterocycles. The molecule has 17 heavy (non-hydrogen) atoms. The minimum Gasteiger partial charge on any atom is -0.424 e.